The van der Waals surface area contributed by atoms with Crippen molar-refractivity contribution in [3.05, 3.63) is 84.4 Å². The number of piperazine rings is 1. The van der Waals surface area contributed by atoms with E-state index >= 15 is 0 Å². The minimum atomic E-state index is 0.0406. The summed E-state index contributed by atoms with van der Waals surface area (Å²) in [5.74, 6) is 0.703. The van der Waals surface area contributed by atoms with E-state index in [1.165, 1.54) is 0 Å². The molecule has 1 amide bonds. The Morgan fingerprint density at radius 2 is 1.80 bits per heavy atom. The van der Waals surface area contributed by atoms with Gasteiger partial charge < -0.3 is 9.32 Å². The molecule has 150 valence electrons. The first-order valence-corrected chi connectivity index (χ1v) is 10.1. The van der Waals surface area contributed by atoms with Crippen LogP contribution < -0.4 is 0 Å². The number of furan rings is 1. The van der Waals surface area contributed by atoms with Gasteiger partial charge in [0.25, 0.3) is 5.91 Å². The molecule has 4 aromatic rings. The van der Waals surface area contributed by atoms with Crippen LogP contribution in [0.25, 0.3) is 22.4 Å². The average molecular weight is 398 g/mol. The molecule has 6 nitrogen and oxygen atoms in total. The number of hydrogen-bond acceptors (Lipinski definition) is 5. The van der Waals surface area contributed by atoms with Crippen molar-refractivity contribution in [1.29, 1.82) is 0 Å². The van der Waals surface area contributed by atoms with Crippen molar-refractivity contribution in [2.45, 2.75) is 6.54 Å². The van der Waals surface area contributed by atoms with Crippen LogP contribution >= 0.6 is 0 Å². The van der Waals surface area contributed by atoms with Crippen molar-refractivity contribution in [2.75, 3.05) is 26.2 Å². The first-order chi connectivity index (χ1) is 14.8. The summed E-state index contributed by atoms with van der Waals surface area (Å²) in [6.07, 6.45) is 3.44. The van der Waals surface area contributed by atoms with Gasteiger partial charge in [-0.15, -0.1) is 0 Å². The van der Waals surface area contributed by atoms with Crippen LogP contribution in [-0.4, -0.2) is 51.9 Å². The third kappa shape index (κ3) is 3.69. The summed E-state index contributed by atoms with van der Waals surface area (Å²) >= 11 is 0. The molecular formula is C24H22N4O2. The topological polar surface area (TPSA) is 62.5 Å². The predicted octanol–water partition coefficient (Wildman–Crippen LogP) is 3.85. The van der Waals surface area contributed by atoms with E-state index in [4.69, 9.17) is 4.42 Å². The maximum absolute atomic E-state index is 13.4. The largest absolute Gasteiger partial charge is 0.463 e. The molecule has 3 aromatic heterocycles. The molecule has 4 heterocycles. The van der Waals surface area contributed by atoms with Crippen molar-refractivity contribution < 1.29 is 9.21 Å². The maximum Gasteiger partial charge on any atom is 0.254 e. The fraction of sp³-hybridized carbons (Fsp3) is 0.208. The quantitative estimate of drug-likeness (QED) is 0.523. The second-order valence-electron chi connectivity index (χ2n) is 7.44. The lowest BCUT2D eigenvalue weighted by molar-refractivity contribution is 0.0629. The first-order valence-electron chi connectivity index (χ1n) is 10.1. The van der Waals surface area contributed by atoms with Gasteiger partial charge in [0.05, 0.1) is 23.0 Å². The van der Waals surface area contributed by atoms with Crippen molar-refractivity contribution in [3.8, 4) is 11.5 Å². The number of carbonyl (C=O) groups excluding carboxylic acids is 1. The molecule has 0 saturated carbocycles. The molecule has 1 aliphatic heterocycles. The Kier molecular flexibility index (Phi) is 4.99. The highest BCUT2D eigenvalue weighted by molar-refractivity contribution is 6.07. The van der Waals surface area contributed by atoms with Gasteiger partial charge in [-0.1, -0.05) is 24.3 Å². The van der Waals surface area contributed by atoms with Gasteiger partial charge in [-0.2, -0.15) is 0 Å². The van der Waals surface area contributed by atoms with E-state index in [2.05, 4.69) is 14.9 Å². The summed E-state index contributed by atoms with van der Waals surface area (Å²) in [5.41, 5.74) is 3.20. The highest BCUT2D eigenvalue weighted by atomic mass is 16.3. The molecule has 0 bridgehead atoms. The van der Waals surface area contributed by atoms with Crippen LogP contribution in [0.4, 0.5) is 0 Å². The van der Waals surface area contributed by atoms with Gasteiger partial charge in [0.15, 0.2) is 5.76 Å². The predicted molar refractivity (Wildman–Crippen MR) is 115 cm³/mol. The molecule has 0 unspecified atom stereocenters. The second-order valence-corrected chi connectivity index (χ2v) is 7.44. The normalized spacial score (nSPS) is 14.9. The monoisotopic (exact) mass is 398 g/mol. The Hall–Kier alpha value is -3.51. The maximum atomic E-state index is 13.4. The summed E-state index contributed by atoms with van der Waals surface area (Å²) in [6, 6.07) is 19.3. The Morgan fingerprint density at radius 1 is 0.967 bits per heavy atom. The van der Waals surface area contributed by atoms with Crippen LogP contribution in [0.5, 0.6) is 0 Å². The summed E-state index contributed by atoms with van der Waals surface area (Å²) < 4.78 is 5.52. The molecule has 0 atom stereocenters. The number of para-hydroxylation sites is 1. The number of rotatable bonds is 4. The van der Waals surface area contributed by atoms with Gasteiger partial charge in [0, 0.05) is 44.3 Å². The molecule has 1 aromatic carbocycles. The summed E-state index contributed by atoms with van der Waals surface area (Å²) in [5, 5.41) is 0.869. The SMILES string of the molecule is O=C(c1cc(-c2ccco2)nc2ccccc12)N1CCN(Cc2ccccn2)CC1. The first kappa shape index (κ1) is 18.5. The molecular weight excluding hydrogens is 376 g/mol. The second kappa shape index (κ2) is 8.08. The molecule has 5 rings (SSSR count). The van der Waals surface area contributed by atoms with Crippen molar-refractivity contribution >= 4 is 16.8 Å². The zero-order valence-electron chi connectivity index (χ0n) is 16.6. The Bertz CT molecular complexity index is 1150. The zero-order valence-corrected chi connectivity index (χ0v) is 16.6. The van der Waals surface area contributed by atoms with E-state index in [1.807, 2.05) is 71.8 Å². The van der Waals surface area contributed by atoms with E-state index in [1.54, 1.807) is 6.26 Å². The molecule has 0 aliphatic carbocycles. The number of carbonyl (C=O) groups is 1. The smallest absolute Gasteiger partial charge is 0.254 e. The third-order valence-corrected chi connectivity index (χ3v) is 5.49. The molecule has 0 spiro atoms. The average Bonchev–Trinajstić information content (AvgIpc) is 3.34. The van der Waals surface area contributed by atoms with E-state index < -0.39 is 0 Å². The fourth-order valence-electron chi connectivity index (χ4n) is 3.90. The molecule has 1 fully saturated rings. The van der Waals surface area contributed by atoms with E-state index in [-0.39, 0.29) is 5.91 Å². The van der Waals surface area contributed by atoms with E-state index in [0.29, 0.717) is 30.1 Å². The molecule has 1 aliphatic rings. The van der Waals surface area contributed by atoms with Crippen LogP contribution in [0, 0.1) is 0 Å². The minimum absolute atomic E-state index is 0.0406. The van der Waals surface area contributed by atoms with Gasteiger partial charge >= 0.3 is 0 Å². The van der Waals surface area contributed by atoms with Crippen LogP contribution in [0.15, 0.2) is 77.5 Å². The standard InChI is InChI=1S/C24H22N4O2/c29-24(28-13-11-27(12-14-28)17-18-6-3-4-10-25-18)20-16-22(23-9-5-15-30-23)26-21-8-2-1-7-19(20)21/h1-10,15-16H,11-14,17H2. The number of aromatic nitrogens is 2. The Balaban J connectivity index is 1.37. The van der Waals surface area contributed by atoms with Gasteiger partial charge in [0.1, 0.15) is 5.69 Å². The number of pyridine rings is 2. The summed E-state index contributed by atoms with van der Waals surface area (Å²) in [7, 11) is 0. The number of amides is 1. The molecule has 0 radical (unpaired) electrons. The fourth-order valence-corrected chi connectivity index (χ4v) is 3.90. The Labute approximate surface area is 174 Å². The van der Waals surface area contributed by atoms with Crippen molar-refractivity contribution in [3.63, 3.8) is 0 Å². The lowest BCUT2D eigenvalue weighted by atomic mass is 10.0. The van der Waals surface area contributed by atoms with Crippen LogP contribution in [0.3, 0.4) is 0 Å². The van der Waals surface area contributed by atoms with Crippen molar-refractivity contribution in [2.24, 2.45) is 0 Å². The van der Waals surface area contributed by atoms with Crippen LogP contribution in [0.1, 0.15) is 16.1 Å². The van der Waals surface area contributed by atoms with Gasteiger partial charge in [-0.3, -0.25) is 14.7 Å². The Morgan fingerprint density at radius 3 is 2.57 bits per heavy atom. The summed E-state index contributed by atoms with van der Waals surface area (Å²) in [4.78, 5) is 26.8. The van der Waals surface area contributed by atoms with Gasteiger partial charge in [-0.25, -0.2) is 4.98 Å². The van der Waals surface area contributed by atoms with Crippen molar-refractivity contribution in [1.82, 2.24) is 19.8 Å². The highest BCUT2D eigenvalue weighted by Gasteiger charge is 2.24. The number of benzene rings is 1. The molecule has 6 heteroatoms. The lowest BCUT2D eigenvalue weighted by Crippen LogP contribution is -2.48. The van der Waals surface area contributed by atoms with E-state index in [9.17, 15) is 4.79 Å². The number of fused-ring (bicyclic) bond motifs is 1. The lowest BCUT2D eigenvalue weighted by Gasteiger charge is -2.34. The number of hydrogen-bond donors (Lipinski definition) is 0. The highest BCUT2D eigenvalue weighted by Crippen LogP contribution is 2.26. The van der Waals surface area contributed by atoms with E-state index in [0.717, 1.165) is 36.2 Å². The zero-order chi connectivity index (χ0) is 20.3. The third-order valence-electron chi connectivity index (χ3n) is 5.49. The molecule has 0 N–H and O–H groups in total. The molecule has 1 saturated heterocycles. The van der Waals surface area contributed by atoms with Crippen LogP contribution in [-0.2, 0) is 6.54 Å². The minimum Gasteiger partial charge on any atom is -0.463 e. The van der Waals surface area contributed by atoms with Crippen LogP contribution in [0.2, 0.25) is 0 Å². The number of nitrogens with zero attached hydrogens (tertiary/aromatic N) is 4. The van der Waals surface area contributed by atoms with Gasteiger partial charge in [0.2, 0.25) is 0 Å². The summed E-state index contributed by atoms with van der Waals surface area (Å²) in [6.45, 7) is 3.85. The van der Waals surface area contributed by atoms with Gasteiger partial charge in [-0.05, 0) is 36.4 Å². The molecule has 30 heavy (non-hydrogen) atoms.